The van der Waals surface area contributed by atoms with Crippen molar-refractivity contribution in [3.05, 3.63) is 59.5 Å². The molecule has 0 aliphatic carbocycles. The standard InChI is InChI=1S/C16H13FN2/c17-15-7-4-13(5-8-15)2-3-14-6-9-16-18-10-1-11-19(16)12-14/h4-9,12H,1,10-11H2/p+1. The molecule has 1 aromatic heterocycles. The molecule has 2 heterocycles. The molecular formula is C16H14FN2+. The van der Waals surface area contributed by atoms with E-state index in [1.165, 1.54) is 12.1 Å². The summed E-state index contributed by atoms with van der Waals surface area (Å²) in [5.74, 6) is 7.06. The number of rotatable bonds is 0. The summed E-state index contributed by atoms with van der Waals surface area (Å²) >= 11 is 0. The van der Waals surface area contributed by atoms with Crippen LogP contribution in [0.3, 0.4) is 0 Å². The average Bonchev–Trinajstić information content (AvgIpc) is 2.46. The predicted octanol–water partition coefficient (Wildman–Crippen LogP) is 2.33. The summed E-state index contributed by atoms with van der Waals surface area (Å²) in [7, 11) is 0. The maximum absolute atomic E-state index is 12.8. The van der Waals surface area contributed by atoms with Crippen molar-refractivity contribution in [2.24, 2.45) is 0 Å². The van der Waals surface area contributed by atoms with Crippen LogP contribution in [0.5, 0.6) is 0 Å². The van der Waals surface area contributed by atoms with Gasteiger partial charge >= 0.3 is 0 Å². The molecular weight excluding hydrogens is 239 g/mol. The number of fused-ring (bicyclic) bond motifs is 1. The van der Waals surface area contributed by atoms with Crippen molar-refractivity contribution >= 4 is 5.82 Å². The SMILES string of the molecule is Fc1ccc(C#Cc2ccc3[n+](c2)CCCN3)cc1. The van der Waals surface area contributed by atoms with E-state index in [1.807, 2.05) is 12.1 Å². The lowest BCUT2D eigenvalue weighted by Gasteiger charge is -2.11. The van der Waals surface area contributed by atoms with Crippen LogP contribution in [-0.2, 0) is 6.54 Å². The van der Waals surface area contributed by atoms with Gasteiger partial charge in [-0.05, 0) is 30.3 Å². The van der Waals surface area contributed by atoms with Crippen molar-refractivity contribution in [2.45, 2.75) is 13.0 Å². The first-order valence-corrected chi connectivity index (χ1v) is 6.36. The van der Waals surface area contributed by atoms with Crippen LogP contribution >= 0.6 is 0 Å². The number of nitrogens with zero attached hydrogens (tertiary/aromatic N) is 1. The molecule has 2 nitrogen and oxygen atoms in total. The van der Waals surface area contributed by atoms with Crippen molar-refractivity contribution in [3.8, 4) is 11.8 Å². The molecule has 3 heteroatoms. The fourth-order valence-corrected chi connectivity index (χ4v) is 2.11. The molecule has 1 N–H and O–H groups in total. The van der Waals surface area contributed by atoms with Gasteiger partial charge in [-0.2, -0.15) is 0 Å². The second-order valence-electron chi connectivity index (χ2n) is 4.53. The molecule has 94 valence electrons. The van der Waals surface area contributed by atoms with Gasteiger partial charge < -0.3 is 0 Å². The molecule has 0 saturated heterocycles. The topological polar surface area (TPSA) is 15.9 Å². The molecule has 0 unspecified atom stereocenters. The lowest BCUT2D eigenvalue weighted by atomic mass is 10.2. The molecule has 1 aliphatic heterocycles. The Labute approximate surface area is 111 Å². The maximum Gasteiger partial charge on any atom is 0.274 e. The molecule has 2 aromatic rings. The Hall–Kier alpha value is -2.34. The number of hydrogen-bond donors (Lipinski definition) is 1. The normalized spacial score (nSPS) is 12.9. The largest absolute Gasteiger partial charge is 0.274 e. The van der Waals surface area contributed by atoms with Gasteiger partial charge in [0.05, 0.1) is 18.7 Å². The zero-order valence-electron chi connectivity index (χ0n) is 10.5. The van der Waals surface area contributed by atoms with Gasteiger partial charge in [0.2, 0.25) is 0 Å². The second-order valence-corrected chi connectivity index (χ2v) is 4.53. The number of hydrogen-bond acceptors (Lipinski definition) is 1. The molecule has 3 rings (SSSR count). The fraction of sp³-hybridized carbons (Fsp3) is 0.188. The lowest BCUT2D eigenvalue weighted by molar-refractivity contribution is -0.686. The van der Waals surface area contributed by atoms with Gasteiger partial charge in [-0.25, -0.2) is 8.96 Å². The lowest BCUT2D eigenvalue weighted by Crippen LogP contribution is -2.42. The summed E-state index contributed by atoms with van der Waals surface area (Å²) in [4.78, 5) is 0. The summed E-state index contributed by atoms with van der Waals surface area (Å²) in [6.45, 7) is 2.05. The van der Waals surface area contributed by atoms with Crippen LogP contribution in [0.15, 0.2) is 42.6 Å². The predicted molar refractivity (Wildman–Crippen MR) is 72.1 cm³/mol. The quantitative estimate of drug-likeness (QED) is 0.563. The number of anilines is 1. The Morgan fingerprint density at radius 3 is 2.58 bits per heavy atom. The third-order valence-electron chi connectivity index (χ3n) is 3.10. The molecule has 19 heavy (non-hydrogen) atoms. The van der Waals surface area contributed by atoms with Gasteiger partial charge in [-0.1, -0.05) is 11.8 Å². The summed E-state index contributed by atoms with van der Waals surface area (Å²) in [6.07, 6.45) is 3.19. The number of aromatic nitrogens is 1. The van der Waals surface area contributed by atoms with Gasteiger partial charge in [0.25, 0.3) is 5.82 Å². The number of aryl methyl sites for hydroxylation is 1. The highest BCUT2D eigenvalue weighted by molar-refractivity contribution is 5.43. The minimum atomic E-state index is -0.235. The zero-order valence-corrected chi connectivity index (χ0v) is 10.5. The molecule has 0 radical (unpaired) electrons. The summed E-state index contributed by atoms with van der Waals surface area (Å²) in [5.41, 5.74) is 1.79. The van der Waals surface area contributed by atoms with Crippen LogP contribution in [0.1, 0.15) is 17.5 Å². The van der Waals surface area contributed by atoms with Crippen molar-refractivity contribution in [1.29, 1.82) is 0 Å². The molecule has 0 bridgehead atoms. The van der Waals surface area contributed by atoms with Gasteiger partial charge in [-0.3, -0.25) is 5.32 Å². The molecule has 0 atom stereocenters. The van der Waals surface area contributed by atoms with Gasteiger partial charge in [0, 0.05) is 18.1 Å². The molecule has 1 aliphatic rings. The zero-order chi connectivity index (χ0) is 13.1. The van der Waals surface area contributed by atoms with Crippen LogP contribution in [0.4, 0.5) is 10.2 Å². The first-order chi connectivity index (χ1) is 9.31. The van der Waals surface area contributed by atoms with Crippen LogP contribution in [0.25, 0.3) is 0 Å². The number of nitrogens with one attached hydrogen (secondary N) is 1. The van der Waals surface area contributed by atoms with E-state index in [9.17, 15) is 4.39 Å². The number of pyridine rings is 1. The van der Waals surface area contributed by atoms with Gasteiger partial charge in [0.15, 0.2) is 0 Å². The van der Waals surface area contributed by atoms with Gasteiger partial charge in [0.1, 0.15) is 12.0 Å². The van der Waals surface area contributed by atoms with E-state index in [0.717, 1.165) is 36.5 Å². The van der Waals surface area contributed by atoms with Gasteiger partial charge in [-0.15, -0.1) is 0 Å². The van der Waals surface area contributed by atoms with E-state index in [2.05, 4.69) is 27.9 Å². The summed E-state index contributed by atoms with van der Waals surface area (Å²) in [6, 6.07) is 10.3. The first kappa shape index (κ1) is 11.7. The van der Waals surface area contributed by atoms with E-state index in [1.54, 1.807) is 12.1 Å². The Kier molecular flexibility index (Phi) is 3.16. The van der Waals surface area contributed by atoms with E-state index >= 15 is 0 Å². The summed E-state index contributed by atoms with van der Waals surface area (Å²) in [5, 5.41) is 3.34. The van der Waals surface area contributed by atoms with Crippen molar-refractivity contribution in [3.63, 3.8) is 0 Å². The molecule has 1 aromatic carbocycles. The Bertz CT molecular complexity index is 651. The third kappa shape index (κ3) is 2.74. The fourth-order valence-electron chi connectivity index (χ4n) is 2.11. The Balaban J connectivity index is 1.86. The van der Waals surface area contributed by atoms with E-state index in [0.29, 0.717) is 0 Å². The maximum atomic E-state index is 12.8. The smallest absolute Gasteiger partial charge is 0.274 e. The van der Waals surface area contributed by atoms with Crippen LogP contribution in [0, 0.1) is 17.7 Å². The first-order valence-electron chi connectivity index (χ1n) is 6.36. The second kappa shape index (κ2) is 5.11. The molecule has 0 spiro atoms. The summed E-state index contributed by atoms with van der Waals surface area (Å²) < 4.78 is 15.0. The highest BCUT2D eigenvalue weighted by Crippen LogP contribution is 2.07. The van der Waals surface area contributed by atoms with Crippen molar-refractivity contribution < 1.29 is 8.96 Å². The highest BCUT2D eigenvalue weighted by Gasteiger charge is 2.13. The van der Waals surface area contributed by atoms with Crippen LogP contribution < -0.4 is 9.88 Å². The van der Waals surface area contributed by atoms with Crippen molar-refractivity contribution in [1.82, 2.24) is 0 Å². The molecule has 0 saturated carbocycles. The highest BCUT2D eigenvalue weighted by atomic mass is 19.1. The average molecular weight is 253 g/mol. The van der Waals surface area contributed by atoms with E-state index in [-0.39, 0.29) is 5.82 Å². The third-order valence-corrected chi connectivity index (χ3v) is 3.10. The Morgan fingerprint density at radius 1 is 1.00 bits per heavy atom. The minimum absolute atomic E-state index is 0.235. The van der Waals surface area contributed by atoms with Crippen molar-refractivity contribution in [2.75, 3.05) is 11.9 Å². The van der Waals surface area contributed by atoms with E-state index in [4.69, 9.17) is 0 Å². The van der Waals surface area contributed by atoms with Crippen LogP contribution in [-0.4, -0.2) is 6.54 Å². The number of benzene rings is 1. The monoisotopic (exact) mass is 253 g/mol. The Morgan fingerprint density at radius 2 is 1.74 bits per heavy atom. The molecule has 0 fully saturated rings. The number of halogens is 1. The minimum Gasteiger partial charge on any atom is -0.274 e. The molecule has 0 amide bonds. The van der Waals surface area contributed by atoms with E-state index < -0.39 is 0 Å². The van der Waals surface area contributed by atoms with Crippen LogP contribution in [0.2, 0.25) is 0 Å².